The Morgan fingerprint density at radius 2 is 1.71 bits per heavy atom. The third-order valence-electron chi connectivity index (χ3n) is 4.89. The van der Waals surface area contributed by atoms with Crippen molar-refractivity contribution in [2.24, 2.45) is 0 Å². The van der Waals surface area contributed by atoms with Gasteiger partial charge >= 0.3 is 0 Å². The van der Waals surface area contributed by atoms with E-state index in [1.807, 2.05) is 71.3 Å². The Morgan fingerprint density at radius 1 is 1.04 bits per heavy atom. The molecule has 1 aliphatic heterocycles. The summed E-state index contributed by atoms with van der Waals surface area (Å²) in [5.74, 6) is 0.942. The first-order valence-corrected chi connectivity index (χ1v) is 9.23. The summed E-state index contributed by atoms with van der Waals surface area (Å²) >= 11 is 0. The Morgan fingerprint density at radius 3 is 2.36 bits per heavy atom. The van der Waals surface area contributed by atoms with Gasteiger partial charge in [-0.2, -0.15) is 10.2 Å². The molecular formula is C22H20N4O2. The highest BCUT2D eigenvalue weighted by Gasteiger charge is 2.27. The number of nitriles is 1. The van der Waals surface area contributed by atoms with Crippen LogP contribution in [0.1, 0.15) is 21.6 Å². The second-order valence-corrected chi connectivity index (χ2v) is 6.80. The molecule has 6 heteroatoms. The summed E-state index contributed by atoms with van der Waals surface area (Å²) in [7, 11) is 0. The Hall–Kier alpha value is -3.59. The summed E-state index contributed by atoms with van der Waals surface area (Å²) in [6.07, 6.45) is 0. The summed E-state index contributed by atoms with van der Waals surface area (Å²) in [5, 5.41) is 9.48. The van der Waals surface area contributed by atoms with Gasteiger partial charge in [-0.05, 0) is 31.2 Å². The summed E-state index contributed by atoms with van der Waals surface area (Å²) in [6, 6.07) is 19.2. The molecular weight excluding hydrogens is 352 g/mol. The molecule has 0 aliphatic carbocycles. The van der Waals surface area contributed by atoms with Crippen LogP contribution in [0.25, 0.3) is 11.5 Å². The molecule has 1 aliphatic rings. The van der Waals surface area contributed by atoms with Crippen molar-refractivity contribution in [3.05, 3.63) is 71.4 Å². The van der Waals surface area contributed by atoms with Crippen LogP contribution in [-0.4, -0.2) is 42.0 Å². The molecule has 0 bridgehead atoms. The molecule has 2 aromatic carbocycles. The highest BCUT2D eigenvalue weighted by Crippen LogP contribution is 2.29. The van der Waals surface area contributed by atoms with E-state index in [0.29, 0.717) is 43.5 Å². The lowest BCUT2D eigenvalue weighted by atomic mass is 10.1. The molecule has 28 heavy (non-hydrogen) atoms. The third-order valence-corrected chi connectivity index (χ3v) is 4.89. The molecule has 1 fully saturated rings. The van der Waals surface area contributed by atoms with Gasteiger partial charge in [-0.15, -0.1) is 0 Å². The molecule has 0 unspecified atom stereocenters. The van der Waals surface area contributed by atoms with Gasteiger partial charge < -0.3 is 14.2 Å². The topological polar surface area (TPSA) is 73.4 Å². The second kappa shape index (κ2) is 7.57. The number of rotatable bonds is 3. The lowest BCUT2D eigenvalue weighted by Crippen LogP contribution is -2.48. The van der Waals surface area contributed by atoms with Crippen molar-refractivity contribution in [1.29, 1.82) is 5.26 Å². The summed E-state index contributed by atoms with van der Waals surface area (Å²) < 4.78 is 5.94. The lowest BCUT2D eigenvalue weighted by molar-refractivity contribution is 0.0745. The van der Waals surface area contributed by atoms with Gasteiger partial charge in [0.25, 0.3) is 5.91 Å². The van der Waals surface area contributed by atoms with Crippen LogP contribution in [-0.2, 0) is 0 Å². The van der Waals surface area contributed by atoms with Gasteiger partial charge in [-0.3, -0.25) is 4.79 Å². The Bertz CT molecular complexity index is 1010. The van der Waals surface area contributed by atoms with Gasteiger partial charge in [0.1, 0.15) is 6.07 Å². The molecule has 0 N–H and O–H groups in total. The zero-order chi connectivity index (χ0) is 19.5. The quantitative estimate of drug-likeness (QED) is 0.704. The fraction of sp³-hybridized carbons (Fsp3) is 0.227. The van der Waals surface area contributed by atoms with Crippen molar-refractivity contribution in [3.8, 4) is 17.5 Å². The van der Waals surface area contributed by atoms with E-state index in [9.17, 15) is 10.1 Å². The van der Waals surface area contributed by atoms with Crippen molar-refractivity contribution in [1.82, 2.24) is 9.88 Å². The summed E-state index contributed by atoms with van der Waals surface area (Å²) in [4.78, 5) is 20.8. The molecule has 0 spiro atoms. The van der Waals surface area contributed by atoms with Crippen LogP contribution in [0.2, 0.25) is 0 Å². The first-order valence-electron chi connectivity index (χ1n) is 9.23. The molecule has 1 aromatic heterocycles. The predicted octanol–water partition coefficient (Wildman–Crippen LogP) is 3.48. The van der Waals surface area contributed by atoms with E-state index in [2.05, 4.69) is 11.1 Å². The maximum atomic E-state index is 12.6. The number of carbonyl (C=O) groups is 1. The lowest BCUT2D eigenvalue weighted by Gasteiger charge is -2.34. The number of oxazole rings is 1. The van der Waals surface area contributed by atoms with Gasteiger partial charge in [-0.1, -0.05) is 35.9 Å². The zero-order valence-electron chi connectivity index (χ0n) is 15.6. The maximum absolute atomic E-state index is 12.6. The van der Waals surface area contributed by atoms with E-state index in [4.69, 9.17) is 4.42 Å². The maximum Gasteiger partial charge on any atom is 0.253 e. The van der Waals surface area contributed by atoms with E-state index < -0.39 is 0 Å². The first-order chi connectivity index (χ1) is 13.7. The number of aryl methyl sites for hydroxylation is 1. The molecule has 1 amide bonds. The fourth-order valence-corrected chi connectivity index (χ4v) is 3.29. The van der Waals surface area contributed by atoms with E-state index in [-0.39, 0.29) is 11.6 Å². The second-order valence-electron chi connectivity index (χ2n) is 6.80. The zero-order valence-corrected chi connectivity index (χ0v) is 15.6. The van der Waals surface area contributed by atoms with Gasteiger partial charge in [-0.25, -0.2) is 0 Å². The number of piperazine rings is 1. The van der Waals surface area contributed by atoms with Crippen LogP contribution in [0.5, 0.6) is 0 Å². The van der Waals surface area contributed by atoms with Crippen LogP contribution in [0, 0.1) is 18.3 Å². The highest BCUT2D eigenvalue weighted by atomic mass is 16.4. The van der Waals surface area contributed by atoms with E-state index >= 15 is 0 Å². The van der Waals surface area contributed by atoms with Gasteiger partial charge in [0, 0.05) is 37.3 Å². The van der Waals surface area contributed by atoms with Crippen molar-refractivity contribution in [3.63, 3.8) is 0 Å². The van der Waals surface area contributed by atoms with Crippen LogP contribution < -0.4 is 4.90 Å². The molecule has 140 valence electrons. The molecule has 0 radical (unpaired) electrons. The SMILES string of the molecule is Cc1ccc(-c2nc(C#N)c(N3CCN(C(=O)c4ccccc4)CC3)o2)cc1. The standard InChI is InChI=1S/C22H20N4O2/c1-16-7-9-17(10-8-16)20-24-19(15-23)22(28-20)26-13-11-25(12-14-26)21(27)18-5-3-2-4-6-18/h2-10H,11-14H2,1H3. The number of anilines is 1. The number of carbonyl (C=O) groups excluding carboxylic acids is 1. The fourth-order valence-electron chi connectivity index (χ4n) is 3.29. The average Bonchev–Trinajstić information content (AvgIpc) is 3.19. The van der Waals surface area contributed by atoms with Gasteiger partial charge in [0.2, 0.25) is 17.5 Å². The van der Waals surface area contributed by atoms with Crippen LogP contribution in [0.15, 0.2) is 59.0 Å². The van der Waals surface area contributed by atoms with E-state index in [1.54, 1.807) is 0 Å². The van der Waals surface area contributed by atoms with Gasteiger partial charge in [0.05, 0.1) is 0 Å². The largest absolute Gasteiger partial charge is 0.419 e. The number of nitrogens with zero attached hydrogens (tertiary/aromatic N) is 4. The van der Waals surface area contributed by atoms with Gasteiger partial charge in [0.15, 0.2) is 0 Å². The number of hydrogen-bond acceptors (Lipinski definition) is 5. The van der Waals surface area contributed by atoms with Crippen molar-refractivity contribution < 1.29 is 9.21 Å². The molecule has 0 saturated carbocycles. The number of hydrogen-bond donors (Lipinski definition) is 0. The Balaban J connectivity index is 1.49. The molecule has 1 saturated heterocycles. The van der Waals surface area contributed by atoms with Crippen LogP contribution in [0.4, 0.5) is 5.88 Å². The van der Waals surface area contributed by atoms with Crippen molar-refractivity contribution >= 4 is 11.8 Å². The molecule has 3 aromatic rings. The minimum absolute atomic E-state index is 0.0265. The van der Waals surface area contributed by atoms with Crippen LogP contribution in [0.3, 0.4) is 0 Å². The summed E-state index contributed by atoms with van der Waals surface area (Å²) in [5.41, 5.74) is 2.95. The Labute approximate surface area is 163 Å². The van der Waals surface area contributed by atoms with Crippen molar-refractivity contribution in [2.45, 2.75) is 6.92 Å². The molecule has 2 heterocycles. The van der Waals surface area contributed by atoms with Crippen molar-refractivity contribution in [2.75, 3.05) is 31.1 Å². The molecule has 6 nitrogen and oxygen atoms in total. The minimum Gasteiger partial charge on any atom is -0.419 e. The smallest absolute Gasteiger partial charge is 0.253 e. The average molecular weight is 372 g/mol. The minimum atomic E-state index is 0.0265. The monoisotopic (exact) mass is 372 g/mol. The highest BCUT2D eigenvalue weighted by molar-refractivity contribution is 5.94. The number of amides is 1. The third kappa shape index (κ3) is 3.47. The Kier molecular flexibility index (Phi) is 4.81. The summed E-state index contributed by atoms with van der Waals surface area (Å²) in [6.45, 7) is 4.34. The normalized spacial score (nSPS) is 14.0. The molecule has 0 atom stereocenters. The first kappa shape index (κ1) is 17.8. The predicted molar refractivity (Wildman–Crippen MR) is 106 cm³/mol. The molecule has 4 rings (SSSR count). The number of aromatic nitrogens is 1. The van der Waals surface area contributed by atoms with E-state index in [0.717, 1.165) is 11.1 Å². The number of benzene rings is 2. The van der Waals surface area contributed by atoms with E-state index in [1.165, 1.54) is 0 Å². The van der Waals surface area contributed by atoms with Crippen LogP contribution >= 0.6 is 0 Å².